The summed E-state index contributed by atoms with van der Waals surface area (Å²) in [5.74, 6) is -0.762. The highest BCUT2D eigenvalue weighted by Gasteiger charge is 2.53. The van der Waals surface area contributed by atoms with E-state index in [-0.39, 0.29) is 17.2 Å². The van der Waals surface area contributed by atoms with Gasteiger partial charge >= 0.3 is 5.97 Å². The van der Waals surface area contributed by atoms with Gasteiger partial charge in [-0.3, -0.25) is 4.79 Å². The third kappa shape index (κ3) is 1.73. The summed E-state index contributed by atoms with van der Waals surface area (Å²) < 4.78 is 0. The molecule has 84 valence electrons. The lowest BCUT2D eigenvalue weighted by Gasteiger charge is -2.22. The van der Waals surface area contributed by atoms with Crippen LogP contribution in [-0.4, -0.2) is 34.5 Å². The van der Waals surface area contributed by atoms with Gasteiger partial charge in [-0.25, -0.2) is 4.79 Å². The van der Waals surface area contributed by atoms with E-state index in [0.29, 0.717) is 13.0 Å². The first-order chi connectivity index (χ1) is 6.93. The van der Waals surface area contributed by atoms with Crippen LogP contribution in [0.2, 0.25) is 0 Å². The normalized spacial score (nSPS) is 32.8. The lowest BCUT2D eigenvalue weighted by Crippen LogP contribution is -2.41. The smallest absolute Gasteiger partial charge is 0.326 e. The van der Waals surface area contributed by atoms with Crippen LogP contribution in [0, 0.1) is 11.3 Å². The number of carboxylic acid groups (broad SMARTS) is 1. The first-order valence-electron chi connectivity index (χ1n) is 5.47. The molecule has 4 heteroatoms. The second-order valence-electron chi connectivity index (χ2n) is 5.27. The molecule has 0 spiro atoms. The van der Waals surface area contributed by atoms with Gasteiger partial charge in [-0.15, -0.1) is 0 Å². The molecule has 1 aliphatic carbocycles. The molecular formula is C11H17NO3. The number of carboxylic acids is 1. The SMILES string of the molecule is CC1(C)C[C@@H]1C(=O)N1CCC[C@@H]1C(=O)O. The standard InChI is InChI=1S/C11H17NO3/c1-11(2)6-7(11)9(13)12-5-3-4-8(12)10(14)15/h7-8H,3-6H2,1-2H3,(H,14,15)/t7-,8-/m1/s1. The Hall–Kier alpha value is -1.06. The first kappa shape index (κ1) is 10.5. The molecular weight excluding hydrogens is 194 g/mol. The van der Waals surface area contributed by atoms with Crippen molar-refractivity contribution >= 4 is 11.9 Å². The van der Waals surface area contributed by atoms with Crippen LogP contribution < -0.4 is 0 Å². The van der Waals surface area contributed by atoms with E-state index in [9.17, 15) is 9.59 Å². The topological polar surface area (TPSA) is 57.6 Å². The van der Waals surface area contributed by atoms with Gasteiger partial charge in [0.2, 0.25) is 5.91 Å². The van der Waals surface area contributed by atoms with Gasteiger partial charge in [0.25, 0.3) is 0 Å². The molecule has 1 amide bonds. The fourth-order valence-electron chi connectivity index (χ4n) is 2.38. The quantitative estimate of drug-likeness (QED) is 0.744. The van der Waals surface area contributed by atoms with E-state index in [2.05, 4.69) is 13.8 Å². The average Bonchev–Trinajstić information content (AvgIpc) is 2.65. The first-order valence-corrected chi connectivity index (χ1v) is 5.47. The van der Waals surface area contributed by atoms with Gasteiger partial charge in [-0.2, -0.15) is 0 Å². The Labute approximate surface area is 89.3 Å². The molecule has 15 heavy (non-hydrogen) atoms. The largest absolute Gasteiger partial charge is 0.480 e. The minimum absolute atomic E-state index is 0.0462. The third-order valence-corrected chi connectivity index (χ3v) is 3.63. The Morgan fingerprint density at radius 1 is 1.40 bits per heavy atom. The lowest BCUT2D eigenvalue weighted by atomic mass is 10.1. The number of amides is 1. The van der Waals surface area contributed by atoms with Crippen molar-refractivity contribution < 1.29 is 14.7 Å². The van der Waals surface area contributed by atoms with Crippen LogP contribution in [0.5, 0.6) is 0 Å². The maximum absolute atomic E-state index is 12.0. The highest BCUT2D eigenvalue weighted by atomic mass is 16.4. The van der Waals surface area contributed by atoms with E-state index in [1.54, 1.807) is 4.90 Å². The van der Waals surface area contributed by atoms with Crippen molar-refractivity contribution in [3.8, 4) is 0 Å². The Morgan fingerprint density at radius 2 is 2.00 bits per heavy atom. The molecule has 0 aromatic rings. The van der Waals surface area contributed by atoms with Crippen LogP contribution >= 0.6 is 0 Å². The number of rotatable bonds is 2. The van der Waals surface area contributed by atoms with Gasteiger partial charge in [0, 0.05) is 12.5 Å². The molecule has 1 saturated carbocycles. The van der Waals surface area contributed by atoms with E-state index in [4.69, 9.17) is 5.11 Å². The number of nitrogens with zero attached hydrogens (tertiary/aromatic N) is 1. The van der Waals surface area contributed by atoms with Gasteiger partial charge in [0.15, 0.2) is 0 Å². The molecule has 0 bridgehead atoms. The van der Waals surface area contributed by atoms with Crippen molar-refractivity contribution in [3.63, 3.8) is 0 Å². The van der Waals surface area contributed by atoms with Crippen molar-refractivity contribution in [1.82, 2.24) is 4.90 Å². The van der Waals surface area contributed by atoms with E-state index in [0.717, 1.165) is 12.8 Å². The summed E-state index contributed by atoms with van der Waals surface area (Å²) in [6.07, 6.45) is 2.32. The maximum atomic E-state index is 12.0. The van der Waals surface area contributed by atoms with Gasteiger partial charge in [-0.05, 0) is 24.7 Å². The molecule has 0 radical (unpaired) electrons. The molecule has 2 rings (SSSR count). The molecule has 1 aliphatic heterocycles. The van der Waals surface area contributed by atoms with Crippen LogP contribution in [0.4, 0.5) is 0 Å². The fourth-order valence-corrected chi connectivity index (χ4v) is 2.38. The Kier molecular flexibility index (Phi) is 2.24. The summed E-state index contributed by atoms with van der Waals surface area (Å²) in [7, 11) is 0. The molecule has 0 aromatic heterocycles. The third-order valence-electron chi connectivity index (χ3n) is 3.63. The van der Waals surface area contributed by atoms with Gasteiger partial charge in [0.1, 0.15) is 6.04 Å². The summed E-state index contributed by atoms with van der Waals surface area (Å²) in [6, 6.07) is -0.575. The van der Waals surface area contributed by atoms with Crippen molar-refractivity contribution in [1.29, 1.82) is 0 Å². The van der Waals surface area contributed by atoms with Gasteiger partial charge in [-0.1, -0.05) is 13.8 Å². The van der Waals surface area contributed by atoms with E-state index < -0.39 is 12.0 Å². The predicted octanol–water partition coefficient (Wildman–Crippen LogP) is 1.11. The Morgan fingerprint density at radius 3 is 2.47 bits per heavy atom. The zero-order valence-corrected chi connectivity index (χ0v) is 9.19. The number of carbonyl (C=O) groups excluding carboxylic acids is 1. The van der Waals surface area contributed by atoms with E-state index in [1.165, 1.54) is 0 Å². The Balaban J connectivity index is 2.04. The summed E-state index contributed by atoms with van der Waals surface area (Å²) in [6.45, 7) is 4.73. The predicted molar refractivity (Wildman–Crippen MR) is 54.3 cm³/mol. The summed E-state index contributed by atoms with van der Waals surface area (Å²) in [5.41, 5.74) is 0.0860. The minimum atomic E-state index is -0.862. The van der Waals surface area contributed by atoms with E-state index >= 15 is 0 Å². The number of carbonyl (C=O) groups is 2. The van der Waals surface area contributed by atoms with Crippen LogP contribution in [0.3, 0.4) is 0 Å². The monoisotopic (exact) mass is 211 g/mol. The number of likely N-dealkylation sites (tertiary alicyclic amines) is 1. The van der Waals surface area contributed by atoms with Gasteiger partial charge in [0.05, 0.1) is 0 Å². The van der Waals surface area contributed by atoms with Crippen molar-refractivity contribution in [2.24, 2.45) is 11.3 Å². The van der Waals surface area contributed by atoms with Crippen LogP contribution in [-0.2, 0) is 9.59 Å². The molecule has 0 unspecified atom stereocenters. The second kappa shape index (κ2) is 3.22. The van der Waals surface area contributed by atoms with Crippen LogP contribution in [0.1, 0.15) is 33.1 Å². The van der Waals surface area contributed by atoms with Crippen molar-refractivity contribution in [3.05, 3.63) is 0 Å². The molecule has 1 heterocycles. The molecule has 2 atom stereocenters. The van der Waals surface area contributed by atoms with Gasteiger partial charge < -0.3 is 10.0 Å². The zero-order valence-electron chi connectivity index (χ0n) is 9.19. The average molecular weight is 211 g/mol. The highest BCUT2D eigenvalue weighted by Crippen LogP contribution is 2.52. The fraction of sp³-hybridized carbons (Fsp3) is 0.818. The highest BCUT2D eigenvalue weighted by molar-refractivity contribution is 5.87. The molecule has 4 nitrogen and oxygen atoms in total. The molecule has 2 aliphatic rings. The maximum Gasteiger partial charge on any atom is 0.326 e. The number of hydrogen-bond donors (Lipinski definition) is 1. The molecule has 1 saturated heterocycles. The summed E-state index contributed by atoms with van der Waals surface area (Å²) in [5, 5.41) is 8.97. The molecule has 0 aromatic carbocycles. The zero-order chi connectivity index (χ0) is 11.2. The molecule has 1 N–H and O–H groups in total. The Bertz CT molecular complexity index is 311. The molecule has 2 fully saturated rings. The summed E-state index contributed by atoms with van der Waals surface area (Å²) >= 11 is 0. The van der Waals surface area contributed by atoms with E-state index in [1.807, 2.05) is 0 Å². The van der Waals surface area contributed by atoms with Crippen LogP contribution in [0.15, 0.2) is 0 Å². The van der Waals surface area contributed by atoms with Crippen LogP contribution in [0.25, 0.3) is 0 Å². The minimum Gasteiger partial charge on any atom is -0.480 e. The number of hydrogen-bond acceptors (Lipinski definition) is 2. The second-order valence-corrected chi connectivity index (χ2v) is 5.27. The van der Waals surface area contributed by atoms with Crippen molar-refractivity contribution in [2.45, 2.75) is 39.2 Å². The summed E-state index contributed by atoms with van der Waals surface area (Å²) in [4.78, 5) is 24.5. The lowest BCUT2D eigenvalue weighted by molar-refractivity contribution is -0.149. The van der Waals surface area contributed by atoms with Crippen molar-refractivity contribution in [2.75, 3.05) is 6.54 Å². The number of aliphatic carboxylic acids is 1.